The Morgan fingerprint density at radius 2 is 2.05 bits per heavy atom. The zero-order valence-corrected chi connectivity index (χ0v) is 12.6. The average Bonchev–Trinajstić information content (AvgIpc) is 2.44. The van der Waals surface area contributed by atoms with Gasteiger partial charge in [-0.15, -0.1) is 0 Å². The molecule has 1 heterocycles. The molecule has 2 atom stereocenters. The lowest BCUT2D eigenvalue weighted by molar-refractivity contribution is -0.132. The minimum absolute atomic E-state index is 0.244. The Morgan fingerprint density at radius 1 is 1.35 bits per heavy atom. The van der Waals surface area contributed by atoms with Gasteiger partial charge in [-0.1, -0.05) is 12.1 Å². The second-order valence-corrected chi connectivity index (χ2v) is 5.62. The maximum Gasteiger partial charge on any atom is 0.223 e. The molecule has 1 aromatic carbocycles. The first-order valence-corrected chi connectivity index (χ1v) is 7.25. The highest BCUT2D eigenvalue weighted by Crippen LogP contribution is 2.15. The summed E-state index contributed by atoms with van der Waals surface area (Å²) in [5.74, 6) is 1.09. The summed E-state index contributed by atoms with van der Waals surface area (Å²) in [5.41, 5.74) is 1.15. The van der Waals surface area contributed by atoms with Crippen molar-refractivity contribution in [2.45, 2.75) is 38.8 Å². The molecular formula is C16H24N2O2. The third-order valence-corrected chi connectivity index (χ3v) is 3.67. The number of carbonyl (C=O) groups is 1. The Kier molecular flexibility index (Phi) is 5.01. The molecule has 2 rings (SSSR count). The largest absolute Gasteiger partial charge is 0.497 e. The number of methoxy groups -OCH3 is 1. The molecule has 0 spiro atoms. The number of benzene rings is 1. The van der Waals surface area contributed by atoms with Gasteiger partial charge in [-0.25, -0.2) is 0 Å². The Morgan fingerprint density at radius 3 is 2.70 bits per heavy atom. The van der Waals surface area contributed by atoms with Crippen molar-refractivity contribution >= 4 is 5.91 Å². The monoisotopic (exact) mass is 276 g/mol. The first-order chi connectivity index (χ1) is 9.58. The molecule has 0 radical (unpaired) electrons. The van der Waals surface area contributed by atoms with Gasteiger partial charge in [0.25, 0.3) is 0 Å². The van der Waals surface area contributed by atoms with Crippen LogP contribution in [-0.2, 0) is 11.2 Å². The van der Waals surface area contributed by atoms with Crippen molar-refractivity contribution in [3.05, 3.63) is 29.8 Å². The zero-order chi connectivity index (χ0) is 14.5. The van der Waals surface area contributed by atoms with Crippen LogP contribution in [0.2, 0.25) is 0 Å². The molecule has 0 bridgehead atoms. The van der Waals surface area contributed by atoms with E-state index in [0.29, 0.717) is 18.5 Å². The van der Waals surface area contributed by atoms with Crippen molar-refractivity contribution in [1.82, 2.24) is 10.2 Å². The maximum atomic E-state index is 12.3. The molecule has 4 heteroatoms. The molecular weight excluding hydrogens is 252 g/mol. The van der Waals surface area contributed by atoms with Crippen LogP contribution in [0.4, 0.5) is 0 Å². The maximum absolute atomic E-state index is 12.3. The van der Waals surface area contributed by atoms with Crippen LogP contribution in [0.1, 0.15) is 25.8 Å². The van der Waals surface area contributed by atoms with Crippen molar-refractivity contribution in [3.8, 4) is 5.75 Å². The average molecular weight is 276 g/mol. The number of hydrogen-bond donors (Lipinski definition) is 1. The number of piperazine rings is 1. The lowest BCUT2D eigenvalue weighted by Crippen LogP contribution is -2.55. The predicted molar refractivity (Wildman–Crippen MR) is 80.0 cm³/mol. The predicted octanol–water partition coefficient (Wildman–Crippen LogP) is 1.84. The molecule has 2 unspecified atom stereocenters. The van der Waals surface area contributed by atoms with Gasteiger partial charge in [0.05, 0.1) is 7.11 Å². The van der Waals surface area contributed by atoms with Crippen LogP contribution in [-0.4, -0.2) is 43.1 Å². The third-order valence-electron chi connectivity index (χ3n) is 3.67. The zero-order valence-electron chi connectivity index (χ0n) is 12.6. The number of ether oxygens (including phenoxy) is 1. The van der Waals surface area contributed by atoms with E-state index in [2.05, 4.69) is 19.2 Å². The summed E-state index contributed by atoms with van der Waals surface area (Å²) >= 11 is 0. The second-order valence-electron chi connectivity index (χ2n) is 5.62. The summed E-state index contributed by atoms with van der Waals surface area (Å²) in [7, 11) is 1.66. The first kappa shape index (κ1) is 14.9. The van der Waals surface area contributed by atoms with Crippen molar-refractivity contribution in [2.24, 2.45) is 0 Å². The van der Waals surface area contributed by atoms with Crippen LogP contribution in [0.5, 0.6) is 5.75 Å². The molecule has 1 amide bonds. The molecule has 1 saturated heterocycles. The smallest absolute Gasteiger partial charge is 0.223 e. The van der Waals surface area contributed by atoms with E-state index in [1.165, 1.54) is 0 Å². The number of nitrogens with zero attached hydrogens (tertiary/aromatic N) is 1. The highest BCUT2D eigenvalue weighted by atomic mass is 16.5. The minimum atomic E-state index is 0.244. The second kappa shape index (κ2) is 6.75. The van der Waals surface area contributed by atoms with E-state index in [9.17, 15) is 4.79 Å². The van der Waals surface area contributed by atoms with Crippen molar-refractivity contribution in [2.75, 3.05) is 20.2 Å². The first-order valence-electron chi connectivity index (χ1n) is 7.25. The number of carbonyl (C=O) groups excluding carboxylic acids is 1. The van der Waals surface area contributed by atoms with Crippen LogP contribution in [0.3, 0.4) is 0 Å². The SMILES string of the molecule is COc1cccc(CCC(=O)N2CC(C)NC(C)C2)c1. The van der Waals surface area contributed by atoms with Crippen LogP contribution in [0.15, 0.2) is 24.3 Å². The standard InChI is InChI=1S/C16H24N2O2/c1-12-10-18(11-13(2)17-12)16(19)8-7-14-5-4-6-15(9-14)20-3/h4-6,9,12-13,17H,7-8,10-11H2,1-3H3. The molecule has 1 aliphatic heterocycles. The Labute approximate surface area is 121 Å². The quantitative estimate of drug-likeness (QED) is 0.912. The van der Waals surface area contributed by atoms with Gasteiger partial charge in [0.1, 0.15) is 5.75 Å². The van der Waals surface area contributed by atoms with Crippen molar-refractivity contribution in [1.29, 1.82) is 0 Å². The molecule has 0 aliphatic carbocycles. The molecule has 0 saturated carbocycles. The minimum Gasteiger partial charge on any atom is -0.497 e. The molecule has 110 valence electrons. The van der Waals surface area contributed by atoms with E-state index in [0.717, 1.165) is 30.8 Å². The Bertz CT molecular complexity index is 452. The molecule has 1 aromatic rings. The summed E-state index contributed by atoms with van der Waals surface area (Å²) in [5, 5.41) is 3.44. The fourth-order valence-corrected chi connectivity index (χ4v) is 2.77. The van der Waals surface area contributed by atoms with Crippen LogP contribution < -0.4 is 10.1 Å². The summed E-state index contributed by atoms with van der Waals surface area (Å²) < 4.78 is 5.20. The Balaban J connectivity index is 1.88. The fourth-order valence-electron chi connectivity index (χ4n) is 2.77. The van der Waals surface area contributed by atoms with E-state index in [1.807, 2.05) is 29.2 Å². The van der Waals surface area contributed by atoms with Crippen LogP contribution in [0.25, 0.3) is 0 Å². The van der Waals surface area contributed by atoms with Crippen LogP contribution >= 0.6 is 0 Å². The highest BCUT2D eigenvalue weighted by Gasteiger charge is 2.24. The van der Waals surface area contributed by atoms with Crippen LogP contribution in [0, 0.1) is 0 Å². The van der Waals surface area contributed by atoms with E-state index in [4.69, 9.17) is 4.74 Å². The number of aryl methyl sites for hydroxylation is 1. The third kappa shape index (κ3) is 3.97. The molecule has 0 aromatic heterocycles. The van der Waals surface area contributed by atoms with E-state index < -0.39 is 0 Å². The van der Waals surface area contributed by atoms with Crippen molar-refractivity contribution in [3.63, 3.8) is 0 Å². The van der Waals surface area contributed by atoms with Gasteiger partial charge >= 0.3 is 0 Å². The molecule has 1 aliphatic rings. The van der Waals surface area contributed by atoms with Gasteiger partial charge in [0.15, 0.2) is 0 Å². The van der Waals surface area contributed by atoms with Crippen molar-refractivity contribution < 1.29 is 9.53 Å². The van der Waals surface area contributed by atoms with E-state index in [1.54, 1.807) is 7.11 Å². The Hall–Kier alpha value is -1.55. The normalized spacial score (nSPS) is 22.6. The molecule has 1 N–H and O–H groups in total. The number of hydrogen-bond acceptors (Lipinski definition) is 3. The van der Waals surface area contributed by atoms with Gasteiger partial charge < -0.3 is 15.0 Å². The van der Waals surface area contributed by atoms with Gasteiger partial charge in [-0.2, -0.15) is 0 Å². The summed E-state index contributed by atoms with van der Waals surface area (Å²) in [6.07, 6.45) is 1.33. The lowest BCUT2D eigenvalue weighted by atomic mass is 10.1. The van der Waals surface area contributed by atoms with Gasteiger partial charge in [-0.3, -0.25) is 4.79 Å². The number of nitrogens with one attached hydrogen (secondary N) is 1. The fraction of sp³-hybridized carbons (Fsp3) is 0.562. The van der Waals surface area contributed by atoms with Gasteiger partial charge in [0.2, 0.25) is 5.91 Å². The highest BCUT2D eigenvalue weighted by molar-refractivity contribution is 5.76. The lowest BCUT2D eigenvalue weighted by Gasteiger charge is -2.36. The van der Waals surface area contributed by atoms with E-state index >= 15 is 0 Å². The van der Waals surface area contributed by atoms with E-state index in [-0.39, 0.29) is 5.91 Å². The molecule has 4 nitrogen and oxygen atoms in total. The topological polar surface area (TPSA) is 41.6 Å². The molecule has 20 heavy (non-hydrogen) atoms. The van der Waals surface area contributed by atoms with Gasteiger partial charge in [-0.05, 0) is 38.0 Å². The summed E-state index contributed by atoms with van der Waals surface area (Å²) in [6.45, 7) is 5.86. The summed E-state index contributed by atoms with van der Waals surface area (Å²) in [6, 6.07) is 8.67. The molecule has 1 fully saturated rings. The number of amides is 1. The number of rotatable bonds is 4. The van der Waals surface area contributed by atoms with Gasteiger partial charge in [0, 0.05) is 31.6 Å². The summed E-state index contributed by atoms with van der Waals surface area (Å²) in [4.78, 5) is 14.3.